The number of rotatable bonds is 2. The number of allylic oxidation sites excluding steroid dienone is 1. The molecule has 0 aliphatic carbocycles. The van der Waals surface area contributed by atoms with Crippen molar-refractivity contribution in [3.63, 3.8) is 0 Å². The summed E-state index contributed by atoms with van der Waals surface area (Å²) in [7, 11) is 0. The van der Waals surface area contributed by atoms with E-state index in [1.54, 1.807) is 0 Å². The van der Waals surface area contributed by atoms with Crippen molar-refractivity contribution in [2.24, 2.45) is 0 Å². The molecule has 0 saturated carbocycles. The van der Waals surface area contributed by atoms with Crippen molar-refractivity contribution in [2.45, 2.75) is 18.9 Å². The van der Waals surface area contributed by atoms with Gasteiger partial charge < -0.3 is 10.4 Å². The first kappa shape index (κ1) is 7.78. The molecule has 0 spiro atoms. The van der Waals surface area contributed by atoms with E-state index in [-0.39, 0.29) is 0 Å². The lowest BCUT2D eigenvalue weighted by Gasteiger charge is -2.17. The second-order valence-corrected chi connectivity index (χ2v) is 2.43. The maximum atomic E-state index is 10.4. The zero-order valence-electron chi connectivity index (χ0n) is 5.91. The summed E-state index contributed by atoms with van der Waals surface area (Å²) in [6.07, 6.45) is 3.24. The number of carbonyl (C=O) groups excluding carboxylic acids is 1. The molecular weight excluding hydrogens is 146 g/mol. The molecule has 1 atom stereocenters. The number of hydrogen-bond donors (Lipinski definition) is 2. The standard InChI is InChI=1S/C7H9NO3/c9-4-5-1-2-6(7(10)11)8-3-5/h3-4,6,8H,1-2H2,(H,10,11). The van der Waals surface area contributed by atoms with Gasteiger partial charge in [-0.3, -0.25) is 4.79 Å². The van der Waals surface area contributed by atoms with Gasteiger partial charge in [-0.05, 0) is 12.8 Å². The topological polar surface area (TPSA) is 66.4 Å². The number of aldehydes is 1. The van der Waals surface area contributed by atoms with Crippen LogP contribution >= 0.6 is 0 Å². The van der Waals surface area contributed by atoms with Crippen LogP contribution in [0.25, 0.3) is 0 Å². The number of carboxylic acid groups (broad SMARTS) is 1. The van der Waals surface area contributed by atoms with Crippen LogP contribution in [0.15, 0.2) is 11.8 Å². The number of carboxylic acids is 1. The van der Waals surface area contributed by atoms with Crippen molar-refractivity contribution in [3.05, 3.63) is 11.8 Å². The Kier molecular flexibility index (Phi) is 2.25. The molecule has 0 aromatic carbocycles. The van der Waals surface area contributed by atoms with Crippen LogP contribution in [0.5, 0.6) is 0 Å². The lowest BCUT2D eigenvalue weighted by molar-refractivity contribution is -0.139. The first-order valence-corrected chi connectivity index (χ1v) is 3.37. The summed E-state index contributed by atoms with van der Waals surface area (Å²) in [5, 5.41) is 11.1. The molecule has 0 aromatic rings. The van der Waals surface area contributed by atoms with Gasteiger partial charge in [0, 0.05) is 11.8 Å². The predicted molar refractivity (Wildman–Crippen MR) is 37.9 cm³/mol. The van der Waals surface area contributed by atoms with Gasteiger partial charge in [-0.15, -0.1) is 0 Å². The van der Waals surface area contributed by atoms with Gasteiger partial charge in [0.15, 0.2) is 0 Å². The van der Waals surface area contributed by atoms with Crippen molar-refractivity contribution in [1.29, 1.82) is 0 Å². The van der Waals surface area contributed by atoms with E-state index in [0.717, 1.165) is 6.29 Å². The fourth-order valence-corrected chi connectivity index (χ4v) is 0.962. The van der Waals surface area contributed by atoms with Gasteiger partial charge in [0.05, 0.1) is 0 Å². The van der Waals surface area contributed by atoms with Crippen molar-refractivity contribution < 1.29 is 14.7 Å². The van der Waals surface area contributed by atoms with Crippen LogP contribution in [0.2, 0.25) is 0 Å². The minimum atomic E-state index is -0.869. The minimum Gasteiger partial charge on any atom is -0.480 e. The molecular formula is C7H9NO3. The fourth-order valence-electron chi connectivity index (χ4n) is 0.962. The highest BCUT2D eigenvalue weighted by atomic mass is 16.4. The van der Waals surface area contributed by atoms with Gasteiger partial charge in [-0.2, -0.15) is 0 Å². The first-order valence-electron chi connectivity index (χ1n) is 3.37. The molecule has 1 aliphatic heterocycles. The van der Waals surface area contributed by atoms with Crippen LogP contribution in [0.3, 0.4) is 0 Å². The lowest BCUT2D eigenvalue weighted by Crippen LogP contribution is -2.35. The molecule has 0 radical (unpaired) electrons. The summed E-state index contributed by atoms with van der Waals surface area (Å²) in [4.78, 5) is 20.5. The number of hydrogen-bond acceptors (Lipinski definition) is 3. The molecule has 1 heterocycles. The Bertz CT molecular complexity index is 210. The monoisotopic (exact) mass is 155 g/mol. The lowest BCUT2D eigenvalue weighted by atomic mass is 10.0. The zero-order valence-corrected chi connectivity index (χ0v) is 5.91. The smallest absolute Gasteiger partial charge is 0.326 e. The predicted octanol–water partition coefficient (Wildman–Crippen LogP) is -0.0942. The average Bonchev–Trinajstić information content (AvgIpc) is 2.05. The molecule has 1 aliphatic rings. The van der Waals surface area contributed by atoms with Gasteiger partial charge in [0.1, 0.15) is 12.3 Å². The number of aliphatic carboxylic acids is 1. The van der Waals surface area contributed by atoms with E-state index in [1.807, 2.05) is 0 Å². The van der Waals surface area contributed by atoms with Crippen molar-refractivity contribution >= 4 is 12.3 Å². The Labute approximate surface area is 63.9 Å². The summed E-state index contributed by atoms with van der Waals surface area (Å²) >= 11 is 0. The second kappa shape index (κ2) is 3.18. The molecule has 0 saturated heterocycles. The molecule has 4 nitrogen and oxygen atoms in total. The quantitative estimate of drug-likeness (QED) is 0.547. The molecule has 11 heavy (non-hydrogen) atoms. The number of nitrogens with one attached hydrogen (secondary N) is 1. The summed E-state index contributed by atoms with van der Waals surface area (Å²) in [6, 6.07) is -0.529. The van der Waals surface area contributed by atoms with Gasteiger partial charge in [0.2, 0.25) is 0 Å². The minimum absolute atomic E-state index is 0.486. The summed E-state index contributed by atoms with van der Waals surface area (Å²) in [5.74, 6) is -0.869. The van der Waals surface area contributed by atoms with Crippen LogP contribution in [0.1, 0.15) is 12.8 Å². The Hall–Kier alpha value is -1.32. The normalized spacial score (nSPS) is 23.3. The average molecular weight is 155 g/mol. The fraction of sp³-hybridized carbons (Fsp3) is 0.429. The van der Waals surface area contributed by atoms with Crippen molar-refractivity contribution in [2.75, 3.05) is 0 Å². The highest BCUT2D eigenvalue weighted by Crippen LogP contribution is 2.10. The maximum Gasteiger partial charge on any atom is 0.326 e. The van der Waals surface area contributed by atoms with E-state index in [9.17, 15) is 9.59 Å². The van der Waals surface area contributed by atoms with Crippen LogP contribution in [0.4, 0.5) is 0 Å². The molecule has 0 aromatic heterocycles. The highest BCUT2D eigenvalue weighted by Gasteiger charge is 2.19. The van der Waals surface area contributed by atoms with Gasteiger partial charge in [0.25, 0.3) is 0 Å². The summed E-state index contributed by atoms with van der Waals surface area (Å²) < 4.78 is 0. The van der Waals surface area contributed by atoms with Crippen molar-refractivity contribution in [1.82, 2.24) is 5.32 Å². The SMILES string of the molecule is O=CC1=CNC(C(=O)O)CC1. The van der Waals surface area contributed by atoms with Crippen LogP contribution in [-0.2, 0) is 9.59 Å². The molecule has 1 rings (SSSR count). The van der Waals surface area contributed by atoms with E-state index in [4.69, 9.17) is 5.11 Å². The molecule has 0 bridgehead atoms. The summed E-state index contributed by atoms with van der Waals surface area (Å²) in [5.41, 5.74) is 0.627. The number of carbonyl (C=O) groups is 2. The third kappa shape index (κ3) is 1.80. The molecule has 4 heteroatoms. The Morgan fingerprint density at radius 1 is 1.82 bits per heavy atom. The highest BCUT2D eigenvalue weighted by molar-refractivity contribution is 5.77. The maximum absolute atomic E-state index is 10.4. The zero-order chi connectivity index (χ0) is 8.27. The second-order valence-electron chi connectivity index (χ2n) is 2.43. The van der Waals surface area contributed by atoms with Gasteiger partial charge in [-0.1, -0.05) is 0 Å². The van der Waals surface area contributed by atoms with E-state index in [2.05, 4.69) is 5.32 Å². The van der Waals surface area contributed by atoms with Gasteiger partial charge in [-0.25, -0.2) is 4.79 Å². The van der Waals surface area contributed by atoms with Gasteiger partial charge >= 0.3 is 5.97 Å². The van der Waals surface area contributed by atoms with E-state index in [0.29, 0.717) is 18.4 Å². The van der Waals surface area contributed by atoms with E-state index >= 15 is 0 Å². The molecule has 0 fully saturated rings. The van der Waals surface area contributed by atoms with E-state index in [1.165, 1.54) is 6.20 Å². The van der Waals surface area contributed by atoms with Crippen LogP contribution in [-0.4, -0.2) is 23.4 Å². The summed E-state index contributed by atoms with van der Waals surface area (Å²) in [6.45, 7) is 0. The van der Waals surface area contributed by atoms with E-state index < -0.39 is 12.0 Å². The Morgan fingerprint density at radius 3 is 2.91 bits per heavy atom. The Balaban J connectivity index is 2.54. The molecule has 0 amide bonds. The largest absolute Gasteiger partial charge is 0.480 e. The third-order valence-corrected chi connectivity index (χ3v) is 1.64. The molecule has 60 valence electrons. The molecule has 2 N–H and O–H groups in total. The first-order chi connectivity index (χ1) is 5.24. The molecule has 1 unspecified atom stereocenters. The van der Waals surface area contributed by atoms with Crippen LogP contribution < -0.4 is 5.32 Å². The third-order valence-electron chi connectivity index (χ3n) is 1.64. The van der Waals surface area contributed by atoms with Crippen molar-refractivity contribution in [3.8, 4) is 0 Å². The van der Waals surface area contributed by atoms with Crippen LogP contribution in [0, 0.1) is 0 Å². The Morgan fingerprint density at radius 2 is 2.55 bits per heavy atom.